The van der Waals surface area contributed by atoms with Gasteiger partial charge in [0.05, 0.1) is 0 Å². The summed E-state index contributed by atoms with van der Waals surface area (Å²) in [7, 11) is 9.63. The first-order valence-electron chi connectivity index (χ1n) is 13.2. The SMILES string of the molecule is CC(C)c1cccc(C(C)C)c1N1C=CN(c2c(C(C)C)cccc2C(C)C)[CH-]1.Clc1c[c-]ccn1.[Cl][Pd][Cl]. The Kier molecular flexibility index (Phi) is 14.4. The molecular weight excluding hydrogens is 639 g/mol. The van der Waals surface area contributed by atoms with Crippen molar-refractivity contribution in [1.82, 2.24) is 4.98 Å². The number of pyridine rings is 1. The number of para-hydroxylation sites is 2. The predicted molar refractivity (Wildman–Crippen MR) is 167 cm³/mol. The van der Waals surface area contributed by atoms with Gasteiger partial charge in [-0.2, -0.15) is 12.1 Å². The number of benzene rings is 2. The summed E-state index contributed by atoms with van der Waals surface area (Å²) in [5.74, 6) is 1.92. The van der Waals surface area contributed by atoms with Crippen molar-refractivity contribution in [2.75, 3.05) is 9.80 Å². The van der Waals surface area contributed by atoms with Gasteiger partial charge in [-0.05, 0) is 58.3 Å². The van der Waals surface area contributed by atoms with Crippen molar-refractivity contribution in [2.45, 2.75) is 79.1 Å². The first kappa shape index (κ1) is 33.7. The molecule has 0 atom stereocenters. The van der Waals surface area contributed by atoms with Crippen LogP contribution in [0, 0.1) is 12.7 Å². The van der Waals surface area contributed by atoms with Gasteiger partial charge in [-0.25, -0.2) is 0 Å². The molecule has 0 saturated heterocycles. The zero-order valence-electron chi connectivity index (χ0n) is 24.0. The van der Waals surface area contributed by atoms with Gasteiger partial charge in [0.15, 0.2) is 0 Å². The van der Waals surface area contributed by atoms with E-state index in [2.05, 4.69) is 132 Å². The van der Waals surface area contributed by atoms with Gasteiger partial charge in [0.25, 0.3) is 0 Å². The van der Waals surface area contributed by atoms with Crippen LogP contribution in [-0.4, -0.2) is 4.98 Å². The Balaban J connectivity index is 0.000000450. The molecule has 1 aromatic heterocycles. The van der Waals surface area contributed by atoms with Gasteiger partial charge < -0.3 is 14.8 Å². The Morgan fingerprint density at radius 1 is 0.718 bits per heavy atom. The van der Waals surface area contributed by atoms with Gasteiger partial charge in [0.2, 0.25) is 0 Å². The molecule has 0 saturated carbocycles. The molecule has 39 heavy (non-hydrogen) atoms. The topological polar surface area (TPSA) is 19.4 Å². The van der Waals surface area contributed by atoms with E-state index >= 15 is 0 Å². The number of anilines is 2. The van der Waals surface area contributed by atoms with Crippen LogP contribution in [0.4, 0.5) is 11.4 Å². The summed E-state index contributed by atoms with van der Waals surface area (Å²) in [6.45, 7) is 20.5. The third-order valence-electron chi connectivity index (χ3n) is 6.41. The van der Waals surface area contributed by atoms with Crippen molar-refractivity contribution in [3.63, 3.8) is 0 Å². The number of nitrogens with zero attached hydrogens (tertiary/aromatic N) is 3. The Morgan fingerprint density at radius 3 is 1.31 bits per heavy atom. The van der Waals surface area contributed by atoms with Crippen LogP contribution in [0.2, 0.25) is 5.15 Å². The third-order valence-corrected chi connectivity index (χ3v) is 6.62. The van der Waals surface area contributed by atoms with Gasteiger partial charge in [-0.15, -0.1) is 24.3 Å². The summed E-state index contributed by atoms with van der Waals surface area (Å²) >= 11 is 5.29. The minimum atomic E-state index is -0.106. The molecule has 3 nitrogen and oxygen atoms in total. The van der Waals surface area contributed by atoms with Crippen molar-refractivity contribution in [3.05, 3.63) is 107 Å². The van der Waals surface area contributed by atoms with Gasteiger partial charge in [0, 0.05) is 16.5 Å². The normalized spacial score (nSPS) is 12.8. The molecule has 4 rings (SSSR count). The molecule has 7 heteroatoms. The van der Waals surface area contributed by atoms with E-state index in [9.17, 15) is 0 Å². The Labute approximate surface area is 257 Å². The van der Waals surface area contributed by atoms with Crippen LogP contribution in [0.1, 0.15) is 101 Å². The number of rotatable bonds is 6. The molecule has 2 heterocycles. The molecule has 1 aliphatic heterocycles. The second kappa shape index (κ2) is 16.7. The van der Waals surface area contributed by atoms with Crippen molar-refractivity contribution < 1.29 is 15.9 Å². The molecule has 216 valence electrons. The van der Waals surface area contributed by atoms with Crippen LogP contribution in [0.15, 0.2) is 67.1 Å². The number of hydrogen-bond acceptors (Lipinski definition) is 3. The van der Waals surface area contributed by atoms with E-state index in [1.165, 1.54) is 33.6 Å². The van der Waals surface area contributed by atoms with Crippen LogP contribution in [0.3, 0.4) is 0 Å². The summed E-state index contributed by atoms with van der Waals surface area (Å²) in [5.41, 5.74) is 8.29. The summed E-state index contributed by atoms with van der Waals surface area (Å²) in [5, 5.41) is 0.488. The second-order valence-corrected chi connectivity index (χ2v) is 13.3. The van der Waals surface area contributed by atoms with Gasteiger partial charge in [-0.1, -0.05) is 98.0 Å². The quantitative estimate of drug-likeness (QED) is 0.147. The molecule has 1 aliphatic rings. The number of hydrogen-bond donors (Lipinski definition) is 0. The molecule has 0 aliphatic carbocycles. The Bertz CT molecular complexity index is 1060. The molecule has 3 aromatic rings. The van der Waals surface area contributed by atoms with E-state index in [0.717, 1.165) is 0 Å². The van der Waals surface area contributed by atoms with E-state index in [-0.39, 0.29) is 15.9 Å². The number of halogens is 3. The average Bonchev–Trinajstić information content (AvgIpc) is 3.38. The maximum atomic E-state index is 5.40. The van der Waals surface area contributed by atoms with E-state index in [0.29, 0.717) is 28.8 Å². The minimum absolute atomic E-state index is 0.106. The number of aromatic nitrogens is 1. The van der Waals surface area contributed by atoms with Crippen LogP contribution >= 0.6 is 30.7 Å². The van der Waals surface area contributed by atoms with E-state index in [1.807, 2.05) is 0 Å². The summed E-state index contributed by atoms with van der Waals surface area (Å²) in [6.07, 6.45) is 6.03. The fourth-order valence-corrected chi connectivity index (χ4v) is 4.66. The fraction of sp³-hybridized carbons (Fsp3) is 0.375. The standard InChI is InChI=1S/C27H37N2.C5H3ClN.2ClH.Pd/c1-18(2)22-11-9-12-23(19(3)4)26(22)28-15-16-29(17-28)27-24(20(5)6)13-10-14-25(27)21(7)8;6-5-3-1-2-4-7-5;;;/h9-21H,1-8H3;2-4H;2*1H;/q2*-1;;;+2/p-2. The molecule has 0 radical (unpaired) electrons. The second-order valence-electron chi connectivity index (χ2n) is 10.5. The molecular formula is C32H40Cl3N3Pd-2. The van der Waals surface area contributed by atoms with Crippen molar-refractivity contribution in [2.24, 2.45) is 0 Å². The zero-order chi connectivity index (χ0) is 29.1. The van der Waals surface area contributed by atoms with Gasteiger partial charge in [-0.3, -0.25) is 0 Å². The zero-order valence-corrected chi connectivity index (χ0v) is 27.9. The summed E-state index contributed by atoms with van der Waals surface area (Å²) < 4.78 is 0. The average molecular weight is 679 g/mol. The fourth-order valence-electron chi connectivity index (χ4n) is 4.54. The van der Waals surface area contributed by atoms with Crippen molar-refractivity contribution in [1.29, 1.82) is 0 Å². The van der Waals surface area contributed by atoms with Gasteiger partial charge >= 0.3 is 35.0 Å². The maximum absolute atomic E-state index is 5.40. The third kappa shape index (κ3) is 9.52. The molecule has 0 spiro atoms. The van der Waals surface area contributed by atoms with Crippen LogP contribution in [0.25, 0.3) is 0 Å². The van der Waals surface area contributed by atoms with Gasteiger partial charge in [0.1, 0.15) is 0 Å². The van der Waals surface area contributed by atoms with Crippen LogP contribution in [0.5, 0.6) is 0 Å². The Hall–Kier alpha value is -1.54. The molecule has 0 fully saturated rings. The Morgan fingerprint density at radius 2 is 1.08 bits per heavy atom. The van der Waals surface area contributed by atoms with E-state index in [1.54, 1.807) is 18.3 Å². The first-order chi connectivity index (χ1) is 18.5. The molecule has 0 bridgehead atoms. The first-order valence-corrected chi connectivity index (χ1v) is 17.6. The summed E-state index contributed by atoms with van der Waals surface area (Å²) in [4.78, 5) is 8.36. The van der Waals surface area contributed by atoms with Crippen molar-refractivity contribution >= 4 is 42.0 Å². The molecule has 0 unspecified atom stereocenters. The molecule has 2 aromatic carbocycles. The summed E-state index contributed by atoms with van der Waals surface area (Å²) in [6, 6.07) is 19.6. The van der Waals surface area contributed by atoms with Crippen LogP contribution < -0.4 is 9.80 Å². The predicted octanol–water partition coefficient (Wildman–Crippen LogP) is 11.0. The molecule has 0 N–H and O–H groups in total. The van der Waals surface area contributed by atoms with Crippen LogP contribution in [-0.2, 0) is 15.9 Å². The molecule has 0 amide bonds. The van der Waals surface area contributed by atoms with E-state index < -0.39 is 0 Å². The monoisotopic (exact) mass is 677 g/mol. The van der Waals surface area contributed by atoms with Crippen molar-refractivity contribution in [3.8, 4) is 0 Å². The van der Waals surface area contributed by atoms with E-state index in [4.69, 9.17) is 30.7 Å².